The number of piperidine rings is 1. The van der Waals surface area contributed by atoms with E-state index in [0.29, 0.717) is 0 Å². The Morgan fingerprint density at radius 3 is 2.50 bits per heavy atom. The van der Waals surface area contributed by atoms with Crippen molar-refractivity contribution < 1.29 is 4.79 Å². The molecule has 2 aromatic carbocycles. The lowest BCUT2D eigenvalue weighted by molar-refractivity contribution is 0.0313. The molecule has 0 bridgehead atoms. The molecule has 0 radical (unpaired) electrons. The number of allylic oxidation sites excluding steroid dienone is 1. The van der Waals surface area contributed by atoms with Crippen molar-refractivity contribution in [2.75, 3.05) is 46.3 Å². The molecule has 32 heavy (non-hydrogen) atoms. The fourth-order valence-electron chi connectivity index (χ4n) is 5.83. The van der Waals surface area contributed by atoms with E-state index in [2.05, 4.69) is 64.4 Å². The summed E-state index contributed by atoms with van der Waals surface area (Å²) in [6, 6.07) is 17.3. The number of amides is 1. The normalized spacial score (nSPS) is 20.4. The first-order valence-electron chi connectivity index (χ1n) is 12.2. The molecule has 2 fully saturated rings. The molecule has 4 heteroatoms. The quantitative estimate of drug-likeness (QED) is 0.680. The van der Waals surface area contributed by atoms with Gasteiger partial charge in [0.25, 0.3) is 5.91 Å². The van der Waals surface area contributed by atoms with Crippen molar-refractivity contribution >= 4 is 12.0 Å². The Morgan fingerprint density at radius 2 is 1.75 bits per heavy atom. The van der Waals surface area contributed by atoms with Crippen LogP contribution in [-0.2, 0) is 12.0 Å². The fourth-order valence-corrected chi connectivity index (χ4v) is 5.83. The Morgan fingerprint density at radius 1 is 1.00 bits per heavy atom. The lowest BCUT2D eigenvalue weighted by atomic mass is 9.79. The van der Waals surface area contributed by atoms with Gasteiger partial charge in [-0.05, 0) is 74.0 Å². The molecule has 0 atom stereocenters. The summed E-state index contributed by atoms with van der Waals surface area (Å²) in [5.74, 6) is 0.132. The molecule has 0 unspecified atom stereocenters. The van der Waals surface area contributed by atoms with E-state index in [9.17, 15) is 4.79 Å². The molecule has 3 aliphatic rings. The van der Waals surface area contributed by atoms with Crippen LogP contribution in [0.2, 0.25) is 0 Å². The number of likely N-dealkylation sites (tertiary alicyclic amines) is 2. The van der Waals surface area contributed by atoms with Crippen molar-refractivity contribution in [2.45, 2.75) is 37.6 Å². The Balaban J connectivity index is 1.18. The molecule has 0 aromatic heterocycles. The third kappa shape index (κ3) is 4.14. The summed E-state index contributed by atoms with van der Waals surface area (Å²) in [5, 5.41) is 0. The second-order valence-electron chi connectivity index (χ2n) is 9.68. The maximum absolute atomic E-state index is 13.0. The van der Waals surface area contributed by atoms with Crippen molar-refractivity contribution in [2.24, 2.45) is 0 Å². The predicted octanol–water partition coefficient (Wildman–Crippen LogP) is 4.42. The highest BCUT2D eigenvalue weighted by atomic mass is 16.2. The highest BCUT2D eigenvalue weighted by molar-refractivity contribution is 5.94. The summed E-state index contributed by atoms with van der Waals surface area (Å²) in [5.41, 5.74) is 5.00. The first kappa shape index (κ1) is 21.4. The SMILES string of the molecule is CN(CCN1CCC(c2ccccc2)(N2CCCC2)CC1)C(=O)c1ccc2c(c1)CC=C2. The van der Waals surface area contributed by atoms with Crippen LogP contribution in [-0.4, -0.2) is 66.9 Å². The molecule has 2 aromatic rings. The number of hydrogen-bond acceptors (Lipinski definition) is 3. The van der Waals surface area contributed by atoms with E-state index in [1.54, 1.807) is 0 Å². The van der Waals surface area contributed by atoms with Crippen LogP contribution in [0.1, 0.15) is 52.7 Å². The zero-order valence-corrected chi connectivity index (χ0v) is 19.3. The average molecular weight is 430 g/mol. The predicted molar refractivity (Wildman–Crippen MR) is 131 cm³/mol. The van der Waals surface area contributed by atoms with Gasteiger partial charge in [-0.15, -0.1) is 0 Å². The molecular formula is C28H35N3O. The molecule has 4 nitrogen and oxygen atoms in total. The molecule has 2 heterocycles. The molecule has 168 valence electrons. The molecule has 0 saturated carbocycles. The molecule has 2 saturated heterocycles. The van der Waals surface area contributed by atoms with Crippen molar-refractivity contribution in [1.82, 2.24) is 14.7 Å². The van der Waals surface area contributed by atoms with E-state index in [4.69, 9.17) is 0 Å². The lowest BCUT2D eigenvalue weighted by Gasteiger charge is -2.48. The van der Waals surface area contributed by atoms with Crippen molar-refractivity contribution in [3.8, 4) is 0 Å². The van der Waals surface area contributed by atoms with Gasteiger partial charge >= 0.3 is 0 Å². The molecule has 1 aliphatic carbocycles. The molecule has 0 N–H and O–H groups in total. The standard InChI is InChI=1S/C28H35N3O/c1-29(27(32)25-13-12-23-8-7-9-24(23)22-25)20-21-30-18-14-28(15-19-30,31-16-5-6-17-31)26-10-3-2-4-11-26/h2-4,7-8,10-13,22H,5-6,9,14-21H2,1H3. The van der Waals surface area contributed by atoms with Gasteiger partial charge in [0.1, 0.15) is 0 Å². The van der Waals surface area contributed by atoms with Crippen molar-refractivity contribution in [1.29, 1.82) is 0 Å². The first-order chi connectivity index (χ1) is 15.7. The van der Waals surface area contributed by atoms with Gasteiger partial charge in [-0.3, -0.25) is 9.69 Å². The number of rotatable bonds is 6. The Kier molecular flexibility index (Phi) is 6.16. The molecule has 1 amide bonds. The van der Waals surface area contributed by atoms with Crippen LogP contribution in [0.25, 0.3) is 6.08 Å². The number of hydrogen-bond donors (Lipinski definition) is 0. The highest BCUT2D eigenvalue weighted by Gasteiger charge is 2.42. The fraction of sp³-hybridized carbons (Fsp3) is 0.464. The Labute approximate surface area is 192 Å². The summed E-state index contributed by atoms with van der Waals surface area (Å²) in [7, 11) is 1.94. The summed E-state index contributed by atoms with van der Waals surface area (Å²) in [6.45, 7) is 6.36. The largest absolute Gasteiger partial charge is 0.340 e. The van der Waals surface area contributed by atoms with Gasteiger partial charge in [0.05, 0.1) is 0 Å². The minimum atomic E-state index is 0.132. The van der Waals surface area contributed by atoms with Crippen molar-refractivity contribution in [3.05, 3.63) is 76.9 Å². The number of fused-ring (bicyclic) bond motifs is 1. The zero-order valence-electron chi connectivity index (χ0n) is 19.3. The van der Waals surface area contributed by atoms with Gasteiger partial charge in [-0.1, -0.05) is 48.6 Å². The molecule has 0 spiro atoms. The first-order valence-corrected chi connectivity index (χ1v) is 12.2. The van der Waals surface area contributed by atoms with Gasteiger partial charge < -0.3 is 9.80 Å². The highest BCUT2D eigenvalue weighted by Crippen LogP contribution is 2.40. The van der Waals surface area contributed by atoms with Crippen LogP contribution in [0.3, 0.4) is 0 Å². The second kappa shape index (κ2) is 9.21. The topological polar surface area (TPSA) is 26.8 Å². The number of carbonyl (C=O) groups is 1. The Hall–Kier alpha value is -2.43. The third-order valence-electron chi connectivity index (χ3n) is 7.83. The summed E-state index contributed by atoms with van der Waals surface area (Å²) >= 11 is 0. The van der Waals surface area contributed by atoms with Crippen molar-refractivity contribution in [3.63, 3.8) is 0 Å². The van der Waals surface area contributed by atoms with Crippen LogP contribution in [0.5, 0.6) is 0 Å². The smallest absolute Gasteiger partial charge is 0.253 e. The van der Waals surface area contributed by atoms with E-state index >= 15 is 0 Å². The summed E-state index contributed by atoms with van der Waals surface area (Å²) in [6.07, 6.45) is 10.2. The number of nitrogens with zero attached hydrogens (tertiary/aromatic N) is 3. The van der Waals surface area contributed by atoms with E-state index in [-0.39, 0.29) is 11.4 Å². The molecule has 5 rings (SSSR count). The van der Waals surface area contributed by atoms with Crippen LogP contribution in [0, 0.1) is 0 Å². The number of likely N-dealkylation sites (N-methyl/N-ethyl adjacent to an activating group) is 1. The lowest BCUT2D eigenvalue weighted by Crippen LogP contribution is -2.53. The summed E-state index contributed by atoms with van der Waals surface area (Å²) < 4.78 is 0. The number of carbonyl (C=O) groups excluding carboxylic acids is 1. The average Bonchev–Trinajstić information content (AvgIpc) is 3.55. The maximum Gasteiger partial charge on any atom is 0.253 e. The van der Waals surface area contributed by atoms with Crippen LogP contribution in [0.4, 0.5) is 0 Å². The maximum atomic E-state index is 13.0. The number of benzene rings is 2. The zero-order chi connectivity index (χ0) is 22.0. The van der Waals surface area contributed by atoms with E-state index < -0.39 is 0 Å². The van der Waals surface area contributed by atoms with Crippen LogP contribution in [0.15, 0.2) is 54.6 Å². The Bertz CT molecular complexity index is 969. The molecule has 2 aliphatic heterocycles. The van der Waals surface area contributed by atoms with Crippen LogP contribution >= 0.6 is 0 Å². The van der Waals surface area contributed by atoms with Gasteiger partial charge in [0.15, 0.2) is 0 Å². The third-order valence-corrected chi connectivity index (χ3v) is 7.83. The minimum absolute atomic E-state index is 0.132. The van der Waals surface area contributed by atoms with Gasteiger partial charge in [-0.25, -0.2) is 0 Å². The minimum Gasteiger partial charge on any atom is -0.340 e. The van der Waals surface area contributed by atoms with E-state index in [1.807, 2.05) is 18.0 Å². The van der Waals surface area contributed by atoms with E-state index in [0.717, 1.165) is 38.2 Å². The van der Waals surface area contributed by atoms with Crippen LogP contribution < -0.4 is 0 Å². The van der Waals surface area contributed by atoms with Gasteiger partial charge in [0, 0.05) is 44.3 Å². The molecular weight excluding hydrogens is 394 g/mol. The van der Waals surface area contributed by atoms with E-state index in [1.165, 1.54) is 55.5 Å². The summed E-state index contributed by atoms with van der Waals surface area (Å²) in [4.78, 5) is 20.1. The second-order valence-corrected chi connectivity index (χ2v) is 9.68. The van der Waals surface area contributed by atoms with Gasteiger partial charge in [-0.2, -0.15) is 0 Å². The van der Waals surface area contributed by atoms with Gasteiger partial charge in [0.2, 0.25) is 0 Å². The monoisotopic (exact) mass is 429 g/mol.